The third-order valence-corrected chi connectivity index (χ3v) is 8.54. The fraction of sp³-hybridized carbons (Fsp3) is 0.296. The van der Waals surface area contributed by atoms with Crippen molar-refractivity contribution in [2.75, 3.05) is 23.9 Å². The number of halogens is 1. The van der Waals surface area contributed by atoms with E-state index in [1.54, 1.807) is 30.3 Å². The SMILES string of the molecule is O=C(NCc1ccc(CN2CCCC2)cc1)[C@H]1CN(S(=O)(=O)c2ccccc2)c2cc(Cl)ccc2O1. The highest BCUT2D eigenvalue weighted by Crippen LogP contribution is 2.38. The lowest BCUT2D eigenvalue weighted by molar-refractivity contribution is -0.127. The van der Waals surface area contributed by atoms with Gasteiger partial charge in [0.1, 0.15) is 5.75 Å². The predicted molar refractivity (Wildman–Crippen MR) is 140 cm³/mol. The Kier molecular flexibility index (Phi) is 7.18. The van der Waals surface area contributed by atoms with Crippen LogP contribution in [0.15, 0.2) is 77.7 Å². The van der Waals surface area contributed by atoms with E-state index in [9.17, 15) is 13.2 Å². The summed E-state index contributed by atoms with van der Waals surface area (Å²) in [4.78, 5) is 15.6. The molecule has 0 spiro atoms. The van der Waals surface area contributed by atoms with Crippen molar-refractivity contribution in [3.63, 3.8) is 0 Å². The molecule has 2 aliphatic heterocycles. The van der Waals surface area contributed by atoms with Gasteiger partial charge in [-0.2, -0.15) is 0 Å². The number of nitrogens with one attached hydrogen (secondary N) is 1. The van der Waals surface area contributed by atoms with Crippen molar-refractivity contribution in [3.8, 4) is 5.75 Å². The lowest BCUT2D eigenvalue weighted by atomic mass is 10.1. The fourth-order valence-corrected chi connectivity index (χ4v) is 6.23. The predicted octanol–water partition coefficient (Wildman–Crippen LogP) is 4.21. The Morgan fingerprint density at radius 2 is 1.67 bits per heavy atom. The number of anilines is 1. The van der Waals surface area contributed by atoms with Crippen LogP contribution in [0.2, 0.25) is 5.02 Å². The van der Waals surface area contributed by atoms with Gasteiger partial charge in [-0.05, 0) is 67.4 Å². The zero-order valence-electron chi connectivity index (χ0n) is 19.8. The first-order chi connectivity index (χ1) is 17.4. The van der Waals surface area contributed by atoms with Gasteiger partial charge >= 0.3 is 0 Å². The number of likely N-dealkylation sites (tertiary alicyclic amines) is 1. The second-order valence-electron chi connectivity index (χ2n) is 9.09. The van der Waals surface area contributed by atoms with Crippen molar-refractivity contribution in [2.45, 2.75) is 36.9 Å². The number of benzene rings is 3. The van der Waals surface area contributed by atoms with Crippen LogP contribution in [0.4, 0.5) is 5.69 Å². The van der Waals surface area contributed by atoms with E-state index < -0.39 is 16.1 Å². The Labute approximate surface area is 216 Å². The molecular formula is C27H28ClN3O4S. The summed E-state index contributed by atoms with van der Waals surface area (Å²) in [6.45, 7) is 3.39. The largest absolute Gasteiger partial charge is 0.476 e. The molecule has 188 valence electrons. The molecule has 2 aliphatic rings. The maximum absolute atomic E-state index is 13.5. The highest BCUT2D eigenvalue weighted by Gasteiger charge is 2.37. The molecule has 0 unspecified atom stereocenters. The van der Waals surface area contributed by atoms with Crippen molar-refractivity contribution in [1.82, 2.24) is 10.2 Å². The van der Waals surface area contributed by atoms with E-state index in [-0.39, 0.29) is 23.1 Å². The van der Waals surface area contributed by atoms with Gasteiger partial charge in [-0.25, -0.2) is 8.42 Å². The second-order valence-corrected chi connectivity index (χ2v) is 11.4. The first-order valence-corrected chi connectivity index (χ1v) is 13.8. The summed E-state index contributed by atoms with van der Waals surface area (Å²) in [5.41, 5.74) is 2.52. The van der Waals surface area contributed by atoms with Gasteiger partial charge in [-0.3, -0.25) is 14.0 Å². The smallest absolute Gasteiger partial charge is 0.264 e. The summed E-state index contributed by atoms with van der Waals surface area (Å²) in [7, 11) is -3.93. The van der Waals surface area contributed by atoms with E-state index >= 15 is 0 Å². The summed E-state index contributed by atoms with van der Waals surface area (Å²) in [5.74, 6) is -0.0958. The quantitative estimate of drug-likeness (QED) is 0.500. The van der Waals surface area contributed by atoms with Gasteiger partial charge in [0.25, 0.3) is 15.9 Å². The lowest BCUT2D eigenvalue weighted by Gasteiger charge is -2.34. The fourth-order valence-electron chi connectivity index (χ4n) is 4.57. The average Bonchev–Trinajstić information content (AvgIpc) is 3.41. The Balaban J connectivity index is 1.29. The van der Waals surface area contributed by atoms with Crippen molar-refractivity contribution in [1.29, 1.82) is 0 Å². The lowest BCUT2D eigenvalue weighted by Crippen LogP contribution is -2.50. The second kappa shape index (κ2) is 10.5. The number of fused-ring (bicyclic) bond motifs is 1. The number of hydrogen-bond donors (Lipinski definition) is 1. The van der Waals surface area contributed by atoms with Gasteiger partial charge in [0.15, 0.2) is 6.10 Å². The average molecular weight is 526 g/mol. The molecule has 0 bridgehead atoms. The van der Waals surface area contributed by atoms with Crippen LogP contribution in [0.5, 0.6) is 5.75 Å². The molecule has 1 atom stereocenters. The molecule has 1 N–H and O–H groups in total. The van der Waals surface area contributed by atoms with Crippen LogP contribution >= 0.6 is 11.6 Å². The van der Waals surface area contributed by atoms with Gasteiger partial charge in [0.2, 0.25) is 0 Å². The standard InChI is InChI=1S/C27H28ClN3O4S/c28-22-12-13-25-24(16-22)31(36(33,34)23-6-2-1-3-7-23)19-26(35-25)27(32)29-17-20-8-10-21(11-9-20)18-30-14-4-5-15-30/h1-3,6-13,16,26H,4-5,14-15,17-19H2,(H,29,32)/t26-/m1/s1. The van der Waals surface area contributed by atoms with E-state index in [0.29, 0.717) is 17.3 Å². The molecule has 0 saturated carbocycles. The van der Waals surface area contributed by atoms with E-state index in [1.165, 1.54) is 40.9 Å². The van der Waals surface area contributed by atoms with Crippen molar-refractivity contribution < 1.29 is 17.9 Å². The number of nitrogens with zero attached hydrogens (tertiary/aromatic N) is 2. The minimum absolute atomic E-state index is 0.131. The maximum atomic E-state index is 13.5. The summed E-state index contributed by atoms with van der Waals surface area (Å²) in [6.07, 6.45) is 1.51. The van der Waals surface area contributed by atoms with Gasteiger partial charge in [0.05, 0.1) is 17.1 Å². The molecule has 5 rings (SSSR count). The van der Waals surface area contributed by atoms with Crippen molar-refractivity contribution >= 4 is 33.2 Å². The molecule has 1 saturated heterocycles. The molecular weight excluding hydrogens is 498 g/mol. The third kappa shape index (κ3) is 5.36. The Bertz CT molecular complexity index is 1330. The number of ether oxygens (including phenoxy) is 1. The molecule has 0 radical (unpaired) electrons. The minimum Gasteiger partial charge on any atom is -0.476 e. The Morgan fingerprint density at radius 3 is 2.39 bits per heavy atom. The number of carbonyl (C=O) groups is 1. The first-order valence-electron chi connectivity index (χ1n) is 12.0. The number of rotatable bonds is 7. The molecule has 2 heterocycles. The third-order valence-electron chi connectivity index (χ3n) is 6.51. The monoisotopic (exact) mass is 525 g/mol. The first kappa shape index (κ1) is 24.6. The van der Waals surface area contributed by atoms with E-state index in [4.69, 9.17) is 16.3 Å². The summed E-state index contributed by atoms with van der Waals surface area (Å²) in [6, 6.07) is 21.0. The molecule has 0 aliphatic carbocycles. The molecule has 9 heteroatoms. The van der Waals surface area contributed by atoms with Crippen LogP contribution < -0.4 is 14.4 Å². The molecule has 7 nitrogen and oxygen atoms in total. The van der Waals surface area contributed by atoms with Crippen LogP contribution in [0.25, 0.3) is 0 Å². The van der Waals surface area contributed by atoms with Crippen LogP contribution in [0.3, 0.4) is 0 Å². The number of sulfonamides is 1. The van der Waals surface area contributed by atoms with Gasteiger partial charge in [-0.1, -0.05) is 54.1 Å². The highest BCUT2D eigenvalue weighted by atomic mass is 35.5. The van der Waals surface area contributed by atoms with E-state index in [1.807, 2.05) is 12.1 Å². The van der Waals surface area contributed by atoms with Gasteiger partial charge in [0, 0.05) is 18.1 Å². The molecule has 3 aromatic rings. The van der Waals surface area contributed by atoms with Gasteiger partial charge < -0.3 is 10.1 Å². The molecule has 1 amide bonds. The maximum Gasteiger partial charge on any atom is 0.264 e. The molecule has 1 fully saturated rings. The Morgan fingerprint density at radius 1 is 0.972 bits per heavy atom. The zero-order chi connectivity index (χ0) is 25.1. The van der Waals surface area contributed by atoms with Crippen LogP contribution in [0.1, 0.15) is 24.0 Å². The van der Waals surface area contributed by atoms with Gasteiger partial charge in [-0.15, -0.1) is 0 Å². The van der Waals surface area contributed by atoms with Crippen LogP contribution in [-0.2, 0) is 27.9 Å². The zero-order valence-corrected chi connectivity index (χ0v) is 21.3. The Hall–Kier alpha value is -3.07. The topological polar surface area (TPSA) is 79.0 Å². The van der Waals surface area contributed by atoms with Crippen molar-refractivity contribution in [2.24, 2.45) is 0 Å². The van der Waals surface area contributed by atoms with Crippen LogP contribution in [-0.4, -0.2) is 45.0 Å². The highest BCUT2D eigenvalue weighted by molar-refractivity contribution is 7.92. The minimum atomic E-state index is -3.93. The molecule has 3 aromatic carbocycles. The van der Waals surface area contributed by atoms with E-state index in [2.05, 4.69) is 22.3 Å². The molecule has 36 heavy (non-hydrogen) atoms. The summed E-state index contributed by atoms with van der Waals surface area (Å²) in [5, 5.41) is 3.27. The normalized spacial score (nSPS) is 17.9. The van der Waals surface area contributed by atoms with Crippen molar-refractivity contribution in [3.05, 3.63) is 88.9 Å². The van der Waals surface area contributed by atoms with E-state index in [0.717, 1.165) is 25.2 Å². The summed E-state index contributed by atoms with van der Waals surface area (Å²) < 4.78 is 34.0. The number of hydrogen-bond acceptors (Lipinski definition) is 5. The van der Waals surface area contributed by atoms with Crippen LogP contribution in [0, 0.1) is 0 Å². The molecule has 0 aromatic heterocycles. The number of amides is 1. The number of carbonyl (C=O) groups excluding carboxylic acids is 1. The summed E-state index contributed by atoms with van der Waals surface area (Å²) >= 11 is 6.15.